The third kappa shape index (κ3) is 1.39. The molecule has 4 aromatic rings. The molecule has 2 heterocycles. The van der Waals surface area contributed by atoms with E-state index in [1.54, 1.807) is 24.3 Å². The van der Waals surface area contributed by atoms with E-state index < -0.39 is 5.97 Å². The average Bonchev–Trinajstić information content (AvgIpc) is 2.93. The zero-order valence-corrected chi connectivity index (χ0v) is 10.9. The van der Waals surface area contributed by atoms with Gasteiger partial charge in [-0.25, -0.2) is 4.79 Å². The molecule has 0 aliphatic rings. The van der Waals surface area contributed by atoms with E-state index in [0.29, 0.717) is 21.7 Å². The Bertz CT molecular complexity index is 997. The van der Waals surface area contributed by atoms with Crippen LogP contribution in [0, 0.1) is 0 Å². The minimum absolute atomic E-state index is 0.232. The van der Waals surface area contributed by atoms with Crippen LogP contribution in [-0.2, 0) is 0 Å². The highest BCUT2D eigenvalue weighted by Gasteiger charge is 2.17. The van der Waals surface area contributed by atoms with E-state index in [4.69, 9.17) is 16.0 Å². The highest BCUT2D eigenvalue weighted by atomic mass is 35.5. The van der Waals surface area contributed by atoms with Gasteiger partial charge in [-0.2, -0.15) is 0 Å². The third-order valence-electron chi connectivity index (χ3n) is 3.44. The maximum atomic E-state index is 11.3. The summed E-state index contributed by atoms with van der Waals surface area (Å²) in [6.07, 6.45) is 0. The van der Waals surface area contributed by atoms with E-state index in [0.717, 1.165) is 16.3 Å². The van der Waals surface area contributed by atoms with Crippen LogP contribution in [0.2, 0.25) is 5.02 Å². The van der Waals surface area contributed by atoms with Crippen molar-refractivity contribution >= 4 is 50.5 Å². The van der Waals surface area contributed by atoms with Gasteiger partial charge in [0.2, 0.25) is 0 Å². The summed E-state index contributed by atoms with van der Waals surface area (Å²) in [6.45, 7) is 0. The Morgan fingerprint density at radius 1 is 1.15 bits per heavy atom. The number of rotatable bonds is 1. The van der Waals surface area contributed by atoms with Gasteiger partial charge in [-0.15, -0.1) is 0 Å². The van der Waals surface area contributed by atoms with Gasteiger partial charge in [0.15, 0.2) is 5.58 Å². The van der Waals surface area contributed by atoms with E-state index >= 15 is 0 Å². The van der Waals surface area contributed by atoms with Crippen LogP contribution in [0.25, 0.3) is 33.0 Å². The number of carbonyl (C=O) groups is 1. The number of para-hydroxylation sites is 1. The van der Waals surface area contributed by atoms with Gasteiger partial charge in [0.25, 0.3) is 0 Å². The molecule has 0 unspecified atom stereocenters. The second-order valence-corrected chi connectivity index (χ2v) is 5.04. The van der Waals surface area contributed by atoms with E-state index in [1.165, 1.54) is 0 Å². The lowest BCUT2D eigenvalue weighted by Gasteiger charge is -1.96. The number of halogens is 1. The van der Waals surface area contributed by atoms with Gasteiger partial charge < -0.3 is 14.5 Å². The van der Waals surface area contributed by atoms with Crippen LogP contribution in [0.4, 0.5) is 0 Å². The zero-order chi connectivity index (χ0) is 13.9. The minimum atomic E-state index is -0.966. The fourth-order valence-corrected chi connectivity index (χ4v) is 2.73. The molecule has 98 valence electrons. The molecular formula is C15H8ClNO3. The second-order valence-electron chi connectivity index (χ2n) is 4.60. The molecule has 0 atom stereocenters. The number of aromatic carboxylic acids is 1. The van der Waals surface area contributed by atoms with Gasteiger partial charge >= 0.3 is 5.97 Å². The Labute approximate surface area is 117 Å². The molecule has 0 bridgehead atoms. The van der Waals surface area contributed by atoms with Crippen LogP contribution in [0.3, 0.4) is 0 Å². The maximum absolute atomic E-state index is 11.3. The van der Waals surface area contributed by atoms with E-state index in [9.17, 15) is 9.90 Å². The molecule has 0 saturated carbocycles. The van der Waals surface area contributed by atoms with Crippen molar-refractivity contribution in [1.82, 2.24) is 4.98 Å². The second kappa shape index (κ2) is 3.77. The maximum Gasteiger partial charge on any atom is 0.337 e. The number of carboxylic acids is 1. The number of aromatic amines is 1. The van der Waals surface area contributed by atoms with Crippen molar-refractivity contribution < 1.29 is 14.3 Å². The molecule has 4 nitrogen and oxygen atoms in total. The normalized spacial score (nSPS) is 11.7. The fraction of sp³-hybridized carbons (Fsp3) is 0. The Kier molecular flexibility index (Phi) is 2.15. The van der Waals surface area contributed by atoms with Gasteiger partial charge in [-0.3, -0.25) is 0 Å². The summed E-state index contributed by atoms with van der Waals surface area (Å²) >= 11 is 5.95. The molecule has 0 saturated heterocycles. The lowest BCUT2D eigenvalue weighted by atomic mass is 10.1. The first-order valence-electron chi connectivity index (χ1n) is 6.01. The lowest BCUT2D eigenvalue weighted by Crippen LogP contribution is -1.96. The first kappa shape index (κ1) is 11.4. The summed E-state index contributed by atoms with van der Waals surface area (Å²) in [5.74, 6) is -0.966. The standard InChI is InChI=1S/C15H8ClNO3/c16-7-4-5-8-11(6-7)20-14-9-2-1-3-10(15(18)19)12(9)17-13(8)14/h1-6,17H,(H,18,19). The molecule has 0 amide bonds. The first-order chi connectivity index (χ1) is 9.65. The van der Waals surface area contributed by atoms with Crippen molar-refractivity contribution in [2.24, 2.45) is 0 Å². The van der Waals surface area contributed by atoms with Crippen LogP contribution >= 0.6 is 11.6 Å². The van der Waals surface area contributed by atoms with Gasteiger partial charge in [0.05, 0.1) is 16.6 Å². The predicted octanol–water partition coefficient (Wildman–Crippen LogP) is 4.42. The summed E-state index contributed by atoms with van der Waals surface area (Å²) in [5.41, 5.74) is 2.93. The molecule has 0 aliphatic heterocycles. The Balaban J connectivity index is 2.21. The molecular weight excluding hydrogens is 278 g/mol. The number of fused-ring (bicyclic) bond motifs is 5. The molecule has 4 rings (SSSR count). The number of hydrogen-bond acceptors (Lipinski definition) is 2. The van der Waals surface area contributed by atoms with Crippen LogP contribution < -0.4 is 0 Å². The summed E-state index contributed by atoms with van der Waals surface area (Å²) in [6, 6.07) is 10.5. The SMILES string of the molecule is O=C(O)c1cccc2c1[nH]c1c3ccc(Cl)cc3oc21. The molecule has 0 spiro atoms. The molecule has 20 heavy (non-hydrogen) atoms. The van der Waals surface area contributed by atoms with Gasteiger partial charge in [0, 0.05) is 21.9 Å². The number of furan rings is 1. The summed E-state index contributed by atoms with van der Waals surface area (Å²) in [5, 5.41) is 11.5. The average molecular weight is 286 g/mol. The highest BCUT2D eigenvalue weighted by Crippen LogP contribution is 2.35. The van der Waals surface area contributed by atoms with Gasteiger partial charge in [0.1, 0.15) is 5.58 Å². The number of hydrogen-bond donors (Lipinski definition) is 2. The Morgan fingerprint density at radius 2 is 2.00 bits per heavy atom. The Morgan fingerprint density at radius 3 is 2.80 bits per heavy atom. The van der Waals surface area contributed by atoms with Crippen molar-refractivity contribution in [2.75, 3.05) is 0 Å². The van der Waals surface area contributed by atoms with Crippen LogP contribution in [0.5, 0.6) is 0 Å². The summed E-state index contributed by atoms with van der Waals surface area (Å²) in [4.78, 5) is 14.4. The van der Waals surface area contributed by atoms with Crippen molar-refractivity contribution in [1.29, 1.82) is 0 Å². The Hall–Kier alpha value is -2.46. The van der Waals surface area contributed by atoms with Gasteiger partial charge in [-0.05, 0) is 24.3 Å². The van der Waals surface area contributed by atoms with E-state index in [2.05, 4.69) is 4.98 Å². The molecule has 0 radical (unpaired) electrons. The summed E-state index contributed by atoms with van der Waals surface area (Å²) in [7, 11) is 0. The third-order valence-corrected chi connectivity index (χ3v) is 3.68. The number of H-pyrrole nitrogens is 1. The molecule has 2 aromatic heterocycles. The first-order valence-corrected chi connectivity index (χ1v) is 6.38. The lowest BCUT2D eigenvalue weighted by molar-refractivity contribution is 0.0699. The van der Waals surface area contributed by atoms with E-state index in [-0.39, 0.29) is 5.56 Å². The van der Waals surface area contributed by atoms with Crippen molar-refractivity contribution in [3.05, 3.63) is 47.0 Å². The number of carboxylic acid groups (broad SMARTS) is 1. The fourth-order valence-electron chi connectivity index (χ4n) is 2.56. The topological polar surface area (TPSA) is 66.2 Å². The number of benzene rings is 2. The molecule has 0 fully saturated rings. The number of aromatic nitrogens is 1. The van der Waals surface area contributed by atoms with Crippen molar-refractivity contribution in [3.63, 3.8) is 0 Å². The molecule has 2 aromatic carbocycles. The van der Waals surface area contributed by atoms with Crippen LogP contribution in [0.1, 0.15) is 10.4 Å². The predicted molar refractivity (Wildman–Crippen MR) is 77.5 cm³/mol. The van der Waals surface area contributed by atoms with Crippen molar-refractivity contribution in [3.8, 4) is 0 Å². The van der Waals surface area contributed by atoms with Crippen molar-refractivity contribution in [2.45, 2.75) is 0 Å². The van der Waals surface area contributed by atoms with Crippen LogP contribution in [-0.4, -0.2) is 16.1 Å². The van der Waals surface area contributed by atoms with Crippen LogP contribution in [0.15, 0.2) is 40.8 Å². The minimum Gasteiger partial charge on any atom is -0.478 e. The van der Waals surface area contributed by atoms with Gasteiger partial charge in [-0.1, -0.05) is 17.7 Å². The van der Waals surface area contributed by atoms with E-state index in [1.807, 2.05) is 12.1 Å². The monoisotopic (exact) mass is 285 g/mol. The zero-order valence-electron chi connectivity index (χ0n) is 10.1. The molecule has 5 heteroatoms. The quantitative estimate of drug-likeness (QED) is 0.544. The highest BCUT2D eigenvalue weighted by molar-refractivity contribution is 6.31. The number of nitrogens with one attached hydrogen (secondary N) is 1. The smallest absolute Gasteiger partial charge is 0.337 e. The molecule has 0 aliphatic carbocycles. The largest absolute Gasteiger partial charge is 0.478 e. The molecule has 2 N–H and O–H groups in total. The summed E-state index contributed by atoms with van der Waals surface area (Å²) < 4.78 is 5.81.